The second-order valence-corrected chi connectivity index (χ2v) is 8.53. The lowest BCUT2D eigenvalue weighted by Gasteiger charge is -2.33. The summed E-state index contributed by atoms with van der Waals surface area (Å²) in [4.78, 5) is 38.5. The van der Waals surface area contributed by atoms with Gasteiger partial charge in [0, 0.05) is 49.9 Å². The number of ketones is 1. The number of carbonyl (C=O) groups excluding carboxylic acids is 2. The molecule has 0 bridgehead atoms. The second-order valence-electron chi connectivity index (χ2n) is 8.53. The van der Waals surface area contributed by atoms with Crippen molar-refractivity contribution in [3.63, 3.8) is 0 Å². The van der Waals surface area contributed by atoms with Crippen LogP contribution < -0.4 is 15.5 Å². The lowest BCUT2D eigenvalue weighted by atomic mass is 9.95. The van der Waals surface area contributed by atoms with Crippen molar-refractivity contribution in [3.05, 3.63) is 60.0 Å². The Bertz CT molecular complexity index is 1260. The first-order chi connectivity index (χ1) is 17.0. The van der Waals surface area contributed by atoms with E-state index in [9.17, 15) is 14.9 Å². The lowest BCUT2D eigenvalue weighted by Crippen LogP contribution is -2.39. The van der Waals surface area contributed by atoms with Crippen LogP contribution in [0.2, 0.25) is 0 Å². The van der Waals surface area contributed by atoms with Gasteiger partial charge >= 0.3 is 0 Å². The molecule has 178 valence electrons. The van der Waals surface area contributed by atoms with Crippen LogP contribution in [0, 0.1) is 17.2 Å². The lowest BCUT2D eigenvalue weighted by molar-refractivity contribution is -0.125. The first kappa shape index (κ1) is 23.8. The van der Waals surface area contributed by atoms with E-state index in [2.05, 4.69) is 36.6 Å². The third-order valence-corrected chi connectivity index (χ3v) is 6.03. The maximum absolute atomic E-state index is 11.9. The number of aromatic nitrogens is 3. The number of rotatable bonds is 7. The van der Waals surface area contributed by atoms with E-state index in [-0.39, 0.29) is 17.6 Å². The van der Waals surface area contributed by atoms with Gasteiger partial charge in [-0.25, -0.2) is 9.97 Å². The van der Waals surface area contributed by atoms with Gasteiger partial charge in [-0.1, -0.05) is 6.07 Å². The standard InChI is InChI=1S/C26H27N7O2/c1-17(34)13-21-4-5-22(16-30-21)31-26-29-10-7-23(32-26)19-3-6-24(20(14-19)15-27)33-11-8-18(9-12-33)25(35)28-2/h3-7,10,14,16,18H,8-9,11-13H2,1-2H3,(H,28,35)(H,29,31,32). The van der Waals surface area contributed by atoms with Crippen LogP contribution in [0.3, 0.4) is 0 Å². The van der Waals surface area contributed by atoms with Crippen molar-refractivity contribution < 1.29 is 9.59 Å². The van der Waals surface area contributed by atoms with Crippen molar-refractivity contribution in [3.8, 4) is 17.3 Å². The number of piperidine rings is 1. The van der Waals surface area contributed by atoms with Gasteiger partial charge in [0.2, 0.25) is 11.9 Å². The fourth-order valence-electron chi connectivity index (χ4n) is 4.21. The average molecular weight is 470 g/mol. The summed E-state index contributed by atoms with van der Waals surface area (Å²) in [5, 5.41) is 15.7. The molecule has 1 aromatic carbocycles. The highest BCUT2D eigenvalue weighted by Gasteiger charge is 2.25. The molecule has 1 saturated heterocycles. The van der Waals surface area contributed by atoms with Crippen LogP contribution >= 0.6 is 0 Å². The van der Waals surface area contributed by atoms with E-state index in [1.165, 1.54) is 6.92 Å². The van der Waals surface area contributed by atoms with Gasteiger partial charge in [-0.3, -0.25) is 14.6 Å². The molecule has 0 aliphatic carbocycles. The van der Waals surface area contributed by atoms with Gasteiger partial charge in [0.15, 0.2) is 0 Å². The fourth-order valence-corrected chi connectivity index (χ4v) is 4.21. The molecule has 2 aromatic heterocycles. The van der Waals surface area contributed by atoms with Crippen LogP contribution in [0.1, 0.15) is 31.0 Å². The molecule has 1 aliphatic heterocycles. The molecule has 9 nitrogen and oxygen atoms in total. The van der Waals surface area contributed by atoms with E-state index >= 15 is 0 Å². The summed E-state index contributed by atoms with van der Waals surface area (Å²) < 4.78 is 0. The number of nitrogens with zero attached hydrogens (tertiary/aromatic N) is 5. The number of hydrogen-bond donors (Lipinski definition) is 2. The van der Waals surface area contributed by atoms with E-state index in [1.807, 2.05) is 24.3 Å². The van der Waals surface area contributed by atoms with Crippen molar-refractivity contribution >= 4 is 29.0 Å². The molecule has 4 rings (SSSR count). The van der Waals surface area contributed by atoms with Crippen molar-refractivity contribution in [1.29, 1.82) is 5.26 Å². The Morgan fingerprint density at radius 3 is 2.60 bits per heavy atom. The molecule has 0 radical (unpaired) electrons. The summed E-state index contributed by atoms with van der Waals surface area (Å²) in [6.07, 6.45) is 5.13. The molecule has 2 N–H and O–H groups in total. The Labute approximate surface area is 204 Å². The van der Waals surface area contributed by atoms with Crippen LogP contribution in [0.15, 0.2) is 48.8 Å². The smallest absolute Gasteiger partial charge is 0.227 e. The van der Waals surface area contributed by atoms with Crippen LogP contribution in [-0.2, 0) is 16.0 Å². The second kappa shape index (κ2) is 10.7. The molecule has 0 atom stereocenters. The number of benzene rings is 1. The summed E-state index contributed by atoms with van der Waals surface area (Å²) in [7, 11) is 1.67. The predicted molar refractivity (Wildman–Crippen MR) is 133 cm³/mol. The maximum atomic E-state index is 11.9. The molecule has 3 aromatic rings. The highest BCUT2D eigenvalue weighted by molar-refractivity contribution is 5.79. The van der Waals surface area contributed by atoms with E-state index in [1.54, 1.807) is 31.6 Å². The van der Waals surface area contributed by atoms with Crippen LogP contribution in [0.4, 0.5) is 17.3 Å². The Balaban J connectivity index is 1.49. The van der Waals surface area contributed by atoms with Crippen molar-refractivity contribution in [1.82, 2.24) is 20.3 Å². The number of amides is 1. The highest BCUT2D eigenvalue weighted by Crippen LogP contribution is 2.30. The van der Waals surface area contributed by atoms with E-state index in [0.29, 0.717) is 35.0 Å². The first-order valence-electron chi connectivity index (χ1n) is 11.5. The number of anilines is 3. The molecule has 1 amide bonds. The summed E-state index contributed by atoms with van der Waals surface area (Å²) in [6.45, 7) is 2.99. The summed E-state index contributed by atoms with van der Waals surface area (Å²) in [6, 6.07) is 13.5. The average Bonchev–Trinajstić information content (AvgIpc) is 2.89. The van der Waals surface area contributed by atoms with Crippen LogP contribution in [0.5, 0.6) is 0 Å². The fraction of sp³-hybridized carbons (Fsp3) is 0.308. The highest BCUT2D eigenvalue weighted by atomic mass is 16.1. The monoisotopic (exact) mass is 469 g/mol. The number of Topliss-reactive ketones (excluding diaryl/α,β-unsaturated/α-hetero) is 1. The number of pyridine rings is 1. The molecule has 9 heteroatoms. The molecule has 0 unspecified atom stereocenters. The molecule has 1 fully saturated rings. The van der Waals surface area contributed by atoms with Crippen molar-refractivity contribution in [2.75, 3.05) is 30.4 Å². The number of nitrogens with one attached hydrogen (secondary N) is 2. The van der Waals surface area contributed by atoms with Crippen molar-refractivity contribution in [2.24, 2.45) is 5.92 Å². The van der Waals surface area contributed by atoms with Gasteiger partial charge in [-0.15, -0.1) is 0 Å². The number of carbonyl (C=O) groups is 2. The molecular weight excluding hydrogens is 442 g/mol. The Kier molecular flexibility index (Phi) is 7.31. The first-order valence-corrected chi connectivity index (χ1v) is 11.5. The largest absolute Gasteiger partial charge is 0.370 e. The third kappa shape index (κ3) is 5.79. The van der Waals surface area contributed by atoms with Crippen LogP contribution in [-0.4, -0.2) is 46.8 Å². The zero-order chi connectivity index (χ0) is 24.8. The SMILES string of the molecule is CNC(=O)C1CCN(c2ccc(-c3ccnc(Nc4ccc(CC(C)=O)nc4)n3)cc2C#N)CC1. The van der Waals surface area contributed by atoms with Crippen LogP contribution in [0.25, 0.3) is 11.3 Å². The number of nitriles is 1. The van der Waals surface area contributed by atoms with E-state index in [0.717, 1.165) is 37.2 Å². The van der Waals surface area contributed by atoms with Gasteiger partial charge in [0.1, 0.15) is 11.9 Å². The maximum Gasteiger partial charge on any atom is 0.227 e. The Morgan fingerprint density at radius 1 is 1.14 bits per heavy atom. The zero-order valence-electron chi connectivity index (χ0n) is 19.8. The summed E-state index contributed by atoms with van der Waals surface area (Å²) in [5.41, 5.74) is 4.35. The van der Waals surface area contributed by atoms with E-state index in [4.69, 9.17) is 0 Å². The zero-order valence-corrected chi connectivity index (χ0v) is 19.8. The quantitative estimate of drug-likeness (QED) is 0.540. The van der Waals surface area contributed by atoms with Gasteiger partial charge < -0.3 is 15.5 Å². The Morgan fingerprint density at radius 2 is 1.94 bits per heavy atom. The van der Waals surface area contributed by atoms with Crippen molar-refractivity contribution in [2.45, 2.75) is 26.2 Å². The molecule has 0 spiro atoms. The normalized spacial score (nSPS) is 13.7. The molecule has 1 aliphatic rings. The third-order valence-electron chi connectivity index (χ3n) is 6.03. The number of hydrogen-bond acceptors (Lipinski definition) is 8. The minimum Gasteiger partial charge on any atom is -0.370 e. The van der Waals surface area contributed by atoms with Gasteiger partial charge in [-0.2, -0.15) is 5.26 Å². The topological polar surface area (TPSA) is 124 Å². The summed E-state index contributed by atoms with van der Waals surface area (Å²) in [5.74, 6) is 0.567. The Hall–Kier alpha value is -4.32. The molecule has 0 saturated carbocycles. The van der Waals surface area contributed by atoms with Gasteiger partial charge in [-0.05, 0) is 50.1 Å². The predicted octanol–water partition coefficient (Wildman–Crippen LogP) is 3.25. The molecule has 3 heterocycles. The molecular formula is C26H27N7O2. The molecule has 35 heavy (non-hydrogen) atoms. The van der Waals surface area contributed by atoms with Gasteiger partial charge in [0.05, 0.1) is 28.8 Å². The summed E-state index contributed by atoms with van der Waals surface area (Å²) >= 11 is 0. The minimum atomic E-state index is 0.0218. The van der Waals surface area contributed by atoms with E-state index < -0.39 is 0 Å². The van der Waals surface area contributed by atoms with Gasteiger partial charge in [0.25, 0.3) is 0 Å². The minimum absolute atomic E-state index is 0.0218.